The molecule has 1 heterocycles. The molecule has 0 unspecified atom stereocenters. The second-order valence-corrected chi connectivity index (χ2v) is 6.58. The Hall–Kier alpha value is -3.19. The van der Waals surface area contributed by atoms with Crippen LogP contribution in [0, 0.1) is 0 Å². The van der Waals surface area contributed by atoms with Crippen molar-refractivity contribution < 1.29 is 19.1 Å². The molecule has 0 bridgehead atoms. The third kappa shape index (κ3) is 4.04. The Morgan fingerprint density at radius 1 is 1.14 bits per heavy atom. The number of amides is 3. The van der Waals surface area contributed by atoms with Gasteiger partial charge in [0, 0.05) is 22.0 Å². The van der Waals surface area contributed by atoms with Crippen molar-refractivity contribution in [3.63, 3.8) is 0 Å². The van der Waals surface area contributed by atoms with Crippen LogP contribution in [0.5, 0.6) is 11.5 Å². The van der Waals surface area contributed by atoms with Crippen molar-refractivity contribution in [1.29, 1.82) is 0 Å². The minimum absolute atomic E-state index is 0.353. The number of benzene rings is 2. The van der Waals surface area contributed by atoms with Gasteiger partial charge >= 0.3 is 6.03 Å². The smallest absolute Gasteiger partial charge is 0.319 e. The van der Waals surface area contributed by atoms with Gasteiger partial charge in [0.05, 0.1) is 25.8 Å². The summed E-state index contributed by atoms with van der Waals surface area (Å²) >= 11 is 6.00. The van der Waals surface area contributed by atoms with Crippen LogP contribution in [0.4, 0.5) is 10.5 Å². The van der Waals surface area contributed by atoms with E-state index in [1.165, 1.54) is 7.11 Å². The fraction of sp³-hybridized carbons (Fsp3) is 0.200. The molecule has 0 saturated carbocycles. The number of nitrogens with one attached hydrogen (secondary N) is 3. The number of hydrogen-bond acceptors (Lipinski definition) is 4. The molecule has 8 heteroatoms. The molecule has 1 atom stereocenters. The summed E-state index contributed by atoms with van der Waals surface area (Å²) in [7, 11) is 3.07. The molecule has 0 spiro atoms. The molecular formula is C20H20ClN3O4. The van der Waals surface area contributed by atoms with E-state index in [1.807, 2.05) is 0 Å². The molecule has 0 radical (unpaired) electrons. The summed E-state index contributed by atoms with van der Waals surface area (Å²) in [6.07, 6.45) is 0. The molecule has 0 aromatic heterocycles. The minimum Gasteiger partial charge on any atom is -0.497 e. The predicted octanol–water partition coefficient (Wildman–Crippen LogP) is 3.62. The minimum atomic E-state index is -0.724. The molecular weight excluding hydrogens is 382 g/mol. The highest BCUT2D eigenvalue weighted by Crippen LogP contribution is 2.36. The molecule has 146 valence electrons. The van der Waals surface area contributed by atoms with Crippen LogP contribution in [0.15, 0.2) is 53.7 Å². The fourth-order valence-electron chi connectivity index (χ4n) is 3.06. The largest absolute Gasteiger partial charge is 0.497 e. The van der Waals surface area contributed by atoms with E-state index in [1.54, 1.807) is 56.5 Å². The van der Waals surface area contributed by atoms with Crippen LogP contribution in [0.3, 0.4) is 0 Å². The topological polar surface area (TPSA) is 88.7 Å². The van der Waals surface area contributed by atoms with E-state index >= 15 is 0 Å². The number of carbonyl (C=O) groups is 2. The summed E-state index contributed by atoms with van der Waals surface area (Å²) in [6.45, 7) is 1.67. The number of anilines is 1. The quantitative estimate of drug-likeness (QED) is 0.713. The molecule has 2 aromatic rings. The van der Waals surface area contributed by atoms with E-state index in [4.69, 9.17) is 21.1 Å². The van der Waals surface area contributed by atoms with Gasteiger partial charge in [0.1, 0.15) is 11.5 Å². The summed E-state index contributed by atoms with van der Waals surface area (Å²) in [5.41, 5.74) is 1.95. The van der Waals surface area contributed by atoms with Crippen molar-refractivity contribution in [2.75, 3.05) is 19.5 Å². The van der Waals surface area contributed by atoms with E-state index in [9.17, 15) is 9.59 Å². The third-order valence-electron chi connectivity index (χ3n) is 4.34. The Bertz CT molecular complexity index is 958. The second kappa shape index (κ2) is 8.22. The zero-order valence-electron chi connectivity index (χ0n) is 15.6. The maximum Gasteiger partial charge on any atom is 0.319 e. The Labute approximate surface area is 167 Å². The highest BCUT2D eigenvalue weighted by atomic mass is 35.5. The number of hydrogen-bond donors (Lipinski definition) is 3. The van der Waals surface area contributed by atoms with Crippen LogP contribution in [-0.2, 0) is 4.79 Å². The monoisotopic (exact) mass is 401 g/mol. The zero-order chi connectivity index (χ0) is 20.3. The van der Waals surface area contributed by atoms with Gasteiger partial charge in [0.25, 0.3) is 5.91 Å². The normalized spacial score (nSPS) is 16.1. The van der Waals surface area contributed by atoms with Gasteiger partial charge in [-0.3, -0.25) is 4.79 Å². The van der Waals surface area contributed by atoms with Crippen LogP contribution in [0.1, 0.15) is 18.5 Å². The van der Waals surface area contributed by atoms with Gasteiger partial charge in [-0.15, -0.1) is 0 Å². The summed E-state index contributed by atoms with van der Waals surface area (Å²) < 4.78 is 10.7. The number of halogens is 1. The fourth-order valence-corrected chi connectivity index (χ4v) is 3.25. The van der Waals surface area contributed by atoms with Crippen molar-refractivity contribution >= 4 is 29.2 Å². The first kappa shape index (κ1) is 19.6. The van der Waals surface area contributed by atoms with E-state index in [0.29, 0.717) is 39.0 Å². The molecule has 28 heavy (non-hydrogen) atoms. The third-order valence-corrected chi connectivity index (χ3v) is 4.58. The molecule has 3 rings (SSSR count). The Balaban J connectivity index is 2.03. The molecule has 3 amide bonds. The number of methoxy groups -OCH3 is 2. The lowest BCUT2D eigenvalue weighted by Gasteiger charge is -2.29. The SMILES string of the molecule is COc1ccc(OC)c([C@H]2NC(=O)NC(C)=C2C(=O)Nc2cccc(Cl)c2)c1. The standard InChI is InChI=1S/C20H20ClN3O4/c1-11-17(19(25)23-13-6-4-5-12(21)9-13)18(24-20(26)22-11)15-10-14(27-2)7-8-16(15)28-3/h4-10,18H,1-3H3,(H,23,25)(H2,22,24,26)/t18-/m1/s1. The first-order valence-corrected chi connectivity index (χ1v) is 8.88. The molecule has 2 aromatic carbocycles. The van der Waals surface area contributed by atoms with Gasteiger partial charge in [0.2, 0.25) is 0 Å². The zero-order valence-corrected chi connectivity index (χ0v) is 16.4. The lowest BCUT2D eigenvalue weighted by Crippen LogP contribution is -2.46. The first-order valence-electron chi connectivity index (χ1n) is 8.50. The lowest BCUT2D eigenvalue weighted by atomic mass is 9.93. The summed E-state index contributed by atoms with van der Waals surface area (Å²) in [6, 6.07) is 10.9. The summed E-state index contributed by atoms with van der Waals surface area (Å²) in [5, 5.41) is 8.75. The molecule has 0 aliphatic carbocycles. The van der Waals surface area contributed by atoms with Crippen LogP contribution in [-0.4, -0.2) is 26.2 Å². The molecule has 3 N–H and O–H groups in total. The molecule has 1 aliphatic rings. The number of allylic oxidation sites excluding steroid dienone is 1. The lowest BCUT2D eigenvalue weighted by molar-refractivity contribution is -0.113. The van der Waals surface area contributed by atoms with Gasteiger partial charge < -0.3 is 25.4 Å². The second-order valence-electron chi connectivity index (χ2n) is 6.14. The summed E-state index contributed by atoms with van der Waals surface area (Å²) in [4.78, 5) is 25.2. The molecule has 0 fully saturated rings. The van der Waals surface area contributed by atoms with Crippen molar-refractivity contribution in [1.82, 2.24) is 10.6 Å². The van der Waals surface area contributed by atoms with Crippen LogP contribution in [0.2, 0.25) is 5.02 Å². The molecule has 7 nitrogen and oxygen atoms in total. The summed E-state index contributed by atoms with van der Waals surface area (Å²) in [5.74, 6) is 0.729. The van der Waals surface area contributed by atoms with E-state index in [0.717, 1.165) is 0 Å². The van der Waals surface area contributed by atoms with Crippen molar-refractivity contribution in [2.45, 2.75) is 13.0 Å². The van der Waals surface area contributed by atoms with Gasteiger partial charge in [-0.05, 0) is 43.3 Å². The van der Waals surface area contributed by atoms with Crippen LogP contribution >= 0.6 is 11.6 Å². The van der Waals surface area contributed by atoms with Crippen molar-refractivity contribution in [3.8, 4) is 11.5 Å². The van der Waals surface area contributed by atoms with Crippen molar-refractivity contribution in [3.05, 3.63) is 64.3 Å². The van der Waals surface area contributed by atoms with Crippen LogP contribution in [0.25, 0.3) is 0 Å². The first-order chi connectivity index (χ1) is 13.4. The van der Waals surface area contributed by atoms with Crippen LogP contribution < -0.4 is 25.4 Å². The Morgan fingerprint density at radius 2 is 1.93 bits per heavy atom. The van der Waals surface area contributed by atoms with Gasteiger partial charge in [0.15, 0.2) is 0 Å². The maximum atomic E-state index is 13.1. The van der Waals surface area contributed by atoms with Gasteiger partial charge in [-0.1, -0.05) is 17.7 Å². The van der Waals surface area contributed by atoms with E-state index < -0.39 is 12.1 Å². The van der Waals surface area contributed by atoms with Gasteiger partial charge in [-0.2, -0.15) is 0 Å². The average Bonchev–Trinajstić information content (AvgIpc) is 2.66. The predicted molar refractivity (Wildman–Crippen MR) is 107 cm³/mol. The van der Waals surface area contributed by atoms with Gasteiger partial charge in [-0.25, -0.2) is 4.79 Å². The number of urea groups is 1. The Morgan fingerprint density at radius 3 is 2.61 bits per heavy atom. The average molecular weight is 402 g/mol. The van der Waals surface area contributed by atoms with E-state index in [2.05, 4.69) is 16.0 Å². The van der Waals surface area contributed by atoms with E-state index in [-0.39, 0.29) is 5.91 Å². The number of carbonyl (C=O) groups excluding carboxylic acids is 2. The molecule has 1 aliphatic heterocycles. The highest BCUT2D eigenvalue weighted by molar-refractivity contribution is 6.31. The Kier molecular flexibility index (Phi) is 5.75. The number of ether oxygens (including phenoxy) is 2. The number of rotatable bonds is 5. The molecule has 0 saturated heterocycles. The maximum absolute atomic E-state index is 13.1. The highest BCUT2D eigenvalue weighted by Gasteiger charge is 2.33. The van der Waals surface area contributed by atoms with Crippen molar-refractivity contribution in [2.24, 2.45) is 0 Å².